The topological polar surface area (TPSA) is 70.2 Å². The Morgan fingerprint density at radius 1 is 1.37 bits per heavy atom. The van der Waals surface area contributed by atoms with E-state index < -0.39 is 0 Å². The minimum absolute atomic E-state index is 0.0615. The minimum Gasteiger partial charge on any atom is -0.325 e. The number of halogens is 1. The van der Waals surface area contributed by atoms with Crippen LogP contribution in [0.2, 0.25) is 5.02 Å². The molecule has 0 saturated carbocycles. The molecule has 0 radical (unpaired) electrons. The minimum atomic E-state index is -0.206. The highest BCUT2D eigenvalue weighted by Gasteiger charge is 2.22. The van der Waals surface area contributed by atoms with E-state index >= 15 is 0 Å². The van der Waals surface area contributed by atoms with Crippen LogP contribution in [0.4, 0.5) is 11.4 Å². The van der Waals surface area contributed by atoms with Crippen LogP contribution in [0.1, 0.15) is 19.8 Å². The molecule has 1 aromatic rings. The van der Waals surface area contributed by atoms with Crippen molar-refractivity contribution in [1.82, 2.24) is 5.32 Å². The van der Waals surface area contributed by atoms with E-state index in [0.717, 1.165) is 19.4 Å². The zero-order valence-electron chi connectivity index (χ0n) is 10.6. The second kappa shape index (κ2) is 6.04. The molecule has 1 aliphatic heterocycles. The third-order valence-corrected chi connectivity index (χ3v) is 3.25. The van der Waals surface area contributed by atoms with E-state index in [-0.39, 0.29) is 17.9 Å². The monoisotopic (exact) mass is 281 g/mol. The van der Waals surface area contributed by atoms with Crippen LogP contribution in [0, 0.1) is 0 Å². The molecule has 2 rings (SSSR count). The second-order valence-corrected chi connectivity index (χ2v) is 4.92. The molecular formula is C13H16ClN3O2. The van der Waals surface area contributed by atoms with Crippen molar-refractivity contribution in [2.45, 2.75) is 25.8 Å². The van der Waals surface area contributed by atoms with Crippen LogP contribution in [0.5, 0.6) is 0 Å². The highest BCUT2D eigenvalue weighted by atomic mass is 35.5. The number of benzene rings is 1. The van der Waals surface area contributed by atoms with Gasteiger partial charge in [0.25, 0.3) is 0 Å². The Bertz CT molecular complexity index is 499. The largest absolute Gasteiger partial charge is 0.325 e. The summed E-state index contributed by atoms with van der Waals surface area (Å²) in [6, 6.07) is 4.86. The number of hydrogen-bond acceptors (Lipinski definition) is 3. The molecule has 0 aromatic heterocycles. The van der Waals surface area contributed by atoms with Gasteiger partial charge in [-0.2, -0.15) is 0 Å². The lowest BCUT2D eigenvalue weighted by atomic mass is 10.2. The number of carbonyl (C=O) groups is 2. The van der Waals surface area contributed by atoms with Gasteiger partial charge in [0.15, 0.2) is 0 Å². The van der Waals surface area contributed by atoms with Gasteiger partial charge in [0.1, 0.15) is 0 Å². The Labute approximate surface area is 116 Å². The predicted molar refractivity (Wildman–Crippen MR) is 75.4 cm³/mol. The van der Waals surface area contributed by atoms with Crippen molar-refractivity contribution in [3.63, 3.8) is 0 Å². The third-order valence-electron chi connectivity index (χ3n) is 2.92. The lowest BCUT2D eigenvalue weighted by molar-refractivity contribution is -0.117. The van der Waals surface area contributed by atoms with Crippen LogP contribution in [0.15, 0.2) is 18.2 Å². The number of anilines is 2. The average Bonchev–Trinajstić information content (AvgIpc) is 2.86. The molecule has 1 unspecified atom stereocenters. The number of rotatable bonds is 3. The molecule has 0 aliphatic carbocycles. The van der Waals surface area contributed by atoms with Crippen molar-refractivity contribution in [3.05, 3.63) is 23.2 Å². The maximum atomic E-state index is 11.9. The molecule has 1 saturated heterocycles. The van der Waals surface area contributed by atoms with Gasteiger partial charge in [0.05, 0.1) is 16.8 Å². The van der Waals surface area contributed by atoms with Crippen LogP contribution in [0.25, 0.3) is 0 Å². The van der Waals surface area contributed by atoms with E-state index in [4.69, 9.17) is 11.6 Å². The summed E-state index contributed by atoms with van der Waals surface area (Å²) < 4.78 is 0. The Hall–Kier alpha value is -1.59. The van der Waals surface area contributed by atoms with E-state index in [9.17, 15) is 9.59 Å². The molecule has 1 aromatic carbocycles. The molecule has 3 N–H and O–H groups in total. The highest BCUT2D eigenvalue weighted by molar-refractivity contribution is 6.33. The van der Waals surface area contributed by atoms with E-state index in [1.54, 1.807) is 18.2 Å². The molecule has 1 heterocycles. The zero-order chi connectivity index (χ0) is 13.8. The Balaban J connectivity index is 2.07. The van der Waals surface area contributed by atoms with Crippen molar-refractivity contribution in [1.29, 1.82) is 0 Å². The summed E-state index contributed by atoms with van der Waals surface area (Å²) in [6.07, 6.45) is 1.85. The van der Waals surface area contributed by atoms with E-state index in [1.807, 2.05) is 0 Å². The van der Waals surface area contributed by atoms with Crippen LogP contribution >= 0.6 is 11.6 Å². The number of carbonyl (C=O) groups excluding carboxylic acids is 2. The molecule has 0 spiro atoms. The lowest BCUT2D eigenvalue weighted by Gasteiger charge is -2.13. The second-order valence-electron chi connectivity index (χ2n) is 4.51. The van der Waals surface area contributed by atoms with Gasteiger partial charge in [-0.3, -0.25) is 9.59 Å². The van der Waals surface area contributed by atoms with Crippen LogP contribution in [-0.4, -0.2) is 24.4 Å². The molecule has 2 amide bonds. The van der Waals surface area contributed by atoms with E-state index in [2.05, 4.69) is 16.0 Å². The number of hydrogen-bond donors (Lipinski definition) is 3. The molecule has 102 valence electrons. The summed E-state index contributed by atoms with van der Waals surface area (Å²) in [5, 5.41) is 9.00. The summed E-state index contributed by atoms with van der Waals surface area (Å²) in [6.45, 7) is 2.28. The van der Waals surface area contributed by atoms with Gasteiger partial charge in [-0.15, -0.1) is 0 Å². The zero-order valence-corrected chi connectivity index (χ0v) is 11.4. The van der Waals surface area contributed by atoms with Gasteiger partial charge in [-0.25, -0.2) is 0 Å². The summed E-state index contributed by atoms with van der Waals surface area (Å²) in [4.78, 5) is 23.0. The fourth-order valence-electron chi connectivity index (χ4n) is 2.03. The van der Waals surface area contributed by atoms with Crippen molar-refractivity contribution >= 4 is 34.8 Å². The maximum Gasteiger partial charge on any atom is 0.241 e. The Morgan fingerprint density at radius 3 is 2.79 bits per heavy atom. The van der Waals surface area contributed by atoms with Crippen molar-refractivity contribution < 1.29 is 9.59 Å². The highest BCUT2D eigenvalue weighted by Crippen LogP contribution is 2.25. The quantitative estimate of drug-likeness (QED) is 0.793. The first-order valence-corrected chi connectivity index (χ1v) is 6.55. The van der Waals surface area contributed by atoms with Crippen molar-refractivity contribution in [2.75, 3.05) is 17.2 Å². The Kier molecular flexibility index (Phi) is 4.39. The average molecular weight is 282 g/mol. The summed E-state index contributed by atoms with van der Waals surface area (Å²) in [5.74, 6) is -0.267. The number of nitrogens with one attached hydrogen (secondary N) is 3. The fourth-order valence-corrected chi connectivity index (χ4v) is 2.19. The Morgan fingerprint density at radius 2 is 2.16 bits per heavy atom. The van der Waals surface area contributed by atoms with Gasteiger partial charge >= 0.3 is 0 Å². The molecule has 1 atom stereocenters. The molecule has 1 aliphatic rings. The smallest absolute Gasteiger partial charge is 0.241 e. The van der Waals surface area contributed by atoms with Crippen molar-refractivity contribution in [2.24, 2.45) is 0 Å². The first kappa shape index (κ1) is 13.8. The van der Waals surface area contributed by atoms with Gasteiger partial charge in [0, 0.05) is 12.6 Å². The molecule has 1 fully saturated rings. The van der Waals surface area contributed by atoms with E-state index in [1.165, 1.54) is 6.92 Å². The first-order valence-electron chi connectivity index (χ1n) is 6.17. The summed E-state index contributed by atoms with van der Waals surface area (Å²) in [5.41, 5.74) is 1.11. The van der Waals surface area contributed by atoms with Crippen LogP contribution < -0.4 is 16.0 Å². The summed E-state index contributed by atoms with van der Waals surface area (Å²) >= 11 is 5.96. The standard InChI is InChI=1S/C13H16ClN3O2/c1-8(18)16-12-7-9(4-5-10(12)14)17-13(19)11-3-2-6-15-11/h4-5,7,11,15H,2-3,6H2,1H3,(H,16,18)(H,17,19). The summed E-state index contributed by atoms with van der Waals surface area (Å²) in [7, 11) is 0. The third kappa shape index (κ3) is 3.68. The molecule has 19 heavy (non-hydrogen) atoms. The molecule has 6 heteroatoms. The lowest BCUT2D eigenvalue weighted by Crippen LogP contribution is -2.35. The van der Waals surface area contributed by atoms with Crippen LogP contribution in [0.3, 0.4) is 0 Å². The fraction of sp³-hybridized carbons (Fsp3) is 0.385. The molecule has 5 nitrogen and oxygen atoms in total. The SMILES string of the molecule is CC(=O)Nc1cc(NC(=O)C2CCCN2)ccc1Cl. The van der Waals surface area contributed by atoms with Crippen LogP contribution in [-0.2, 0) is 9.59 Å². The molecular weight excluding hydrogens is 266 g/mol. The molecule has 0 bridgehead atoms. The number of amides is 2. The first-order chi connectivity index (χ1) is 9.06. The van der Waals surface area contributed by atoms with Gasteiger partial charge < -0.3 is 16.0 Å². The maximum absolute atomic E-state index is 11.9. The normalized spacial score (nSPS) is 18.1. The van der Waals surface area contributed by atoms with E-state index in [0.29, 0.717) is 16.4 Å². The van der Waals surface area contributed by atoms with Gasteiger partial charge in [-0.05, 0) is 37.6 Å². The van der Waals surface area contributed by atoms with Crippen molar-refractivity contribution in [3.8, 4) is 0 Å². The van der Waals surface area contributed by atoms with Gasteiger partial charge in [0.2, 0.25) is 11.8 Å². The van der Waals surface area contributed by atoms with Gasteiger partial charge in [-0.1, -0.05) is 11.6 Å². The predicted octanol–water partition coefficient (Wildman–Crippen LogP) is 1.99.